The molecule has 0 atom stereocenters. The molecule has 0 spiro atoms. The first-order valence-corrected chi connectivity index (χ1v) is 7.36. The number of benzene rings is 2. The van der Waals surface area contributed by atoms with Gasteiger partial charge in [0.15, 0.2) is 5.78 Å². The minimum absolute atomic E-state index is 0.0885. The van der Waals surface area contributed by atoms with Gasteiger partial charge in [0.1, 0.15) is 0 Å². The first-order valence-electron chi connectivity index (χ1n) is 5.49. The molecule has 0 amide bonds. The number of allylic oxidation sites excluding steroid dienone is 1. The summed E-state index contributed by atoms with van der Waals surface area (Å²) in [6.45, 7) is 0. The number of fused-ring (bicyclic) bond motifs is 3. The summed E-state index contributed by atoms with van der Waals surface area (Å²) in [5.74, 6) is 0.0885. The fourth-order valence-electron chi connectivity index (χ4n) is 2.30. The second-order valence-electron chi connectivity index (χ2n) is 4.06. The highest BCUT2D eigenvalue weighted by Crippen LogP contribution is 2.42. The molecule has 2 aromatic carbocycles. The minimum Gasteiger partial charge on any atom is -0.289 e. The average molecular weight is 411 g/mol. The molecule has 88 valence electrons. The van der Waals surface area contributed by atoms with Gasteiger partial charge >= 0.3 is 0 Å². The summed E-state index contributed by atoms with van der Waals surface area (Å²) >= 11 is 5.59. The van der Waals surface area contributed by atoms with E-state index in [2.05, 4.69) is 44.6 Å². The van der Waals surface area contributed by atoms with Gasteiger partial charge in [-0.15, -0.1) is 0 Å². The highest BCUT2D eigenvalue weighted by molar-refractivity contribution is 14.1. The van der Waals surface area contributed by atoms with Crippen LogP contribution in [0.1, 0.15) is 15.9 Å². The van der Waals surface area contributed by atoms with Gasteiger partial charge in [-0.05, 0) is 55.2 Å². The molecule has 0 bridgehead atoms. The number of carbonyl (C=O) groups is 1. The fourth-order valence-corrected chi connectivity index (χ4v) is 3.23. The SMILES string of the molecule is O=C1/C(=C(\Br)I)c2ccccc2-c2ccccc21. The summed E-state index contributed by atoms with van der Waals surface area (Å²) in [5.41, 5.74) is 4.68. The Hall–Kier alpha value is -0.940. The Kier molecular flexibility index (Phi) is 3.11. The molecule has 0 saturated heterocycles. The van der Waals surface area contributed by atoms with Crippen LogP contribution in [0, 0.1) is 0 Å². The number of ketones is 1. The van der Waals surface area contributed by atoms with E-state index in [4.69, 9.17) is 0 Å². The molecule has 1 aliphatic carbocycles. The van der Waals surface area contributed by atoms with Crippen molar-refractivity contribution in [3.63, 3.8) is 0 Å². The first kappa shape index (κ1) is 12.1. The summed E-state index contributed by atoms with van der Waals surface area (Å²) in [7, 11) is 0. The van der Waals surface area contributed by atoms with E-state index in [1.807, 2.05) is 42.5 Å². The van der Waals surface area contributed by atoms with E-state index < -0.39 is 0 Å². The predicted molar refractivity (Wildman–Crippen MR) is 86.1 cm³/mol. The third-order valence-electron chi connectivity index (χ3n) is 3.07. The maximum Gasteiger partial charge on any atom is 0.195 e. The average Bonchev–Trinajstić information content (AvgIpc) is 2.39. The molecule has 1 nitrogen and oxygen atoms in total. The minimum atomic E-state index is 0.0885. The Balaban J connectivity index is 2.43. The highest BCUT2D eigenvalue weighted by atomic mass is 127. The van der Waals surface area contributed by atoms with Gasteiger partial charge in [-0.1, -0.05) is 48.5 Å². The second-order valence-corrected chi connectivity index (χ2v) is 7.41. The van der Waals surface area contributed by atoms with Crippen molar-refractivity contribution in [3.05, 3.63) is 62.1 Å². The van der Waals surface area contributed by atoms with Crippen LogP contribution >= 0.6 is 38.5 Å². The van der Waals surface area contributed by atoms with Crippen molar-refractivity contribution in [3.8, 4) is 11.1 Å². The second kappa shape index (κ2) is 4.63. The van der Waals surface area contributed by atoms with Crippen LogP contribution < -0.4 is 0 Å². The maximum atomic E-state index is 12.5. The van der Waals surface area contributed by atoms with Gasteiger partial charge in [-0.25, -0.2) is 0 Å². The number of halogens is 2. The van der Waals surface area contributed by atoms with Crippen molar-refractivity contribution < 1.29 is 4.79 Å². The molecule has 0 radical (unpaired) electrons. The summed E-state index contributed by atoms with van der Waals surface area (Å²) < 4.78 is 0.854. The maximum absolute atomic E-state index is 12.5. The molecule has 0 saturated carbocycles. The van der Waals surface area contributed by atoms with E-state index >= 15 is 0 Å². The molecular formula is C15H8BrIO. The zero-order valence-electron chi connectivity index (χ0n) is 9.28. The topological polar surface area (TPSA) is 17.1 Å². The van der Waals surface area contributed by atoms with Crippen molar-refractivity contribution in [2.45, 2.75) is 0 Å². The van der Waals surface area contributed by atoms with Gasteiger partial charge in [0.25, 0.3) is 0 Å². The smallest absolute Gasteiger partial charge is 0.195 e. The monoisotopic (exact) mass is 410 g/mol. The largest absolute Gasteiger partial charge is 0.289 e. The van der Waals surface area contributed by atoms with Crippen molar-refractivity contribution in [1.29, 1.82) is 0 Å². The third kappa shape index (κ3) is 1.77. The van der Waals surface area contributed by atoms with E-state index in [-0.39, 0.29) is 5.78 Å². The summed E-state index contributed by atoms with van der Waals surface area (Å²) in [5, 5.41) is 0. The van der Waals surface area contributed by atoms with Gasteiger partial charge in [0.05, 0.1) is 8.06 Å². The normalized spacial score (nSPS) is 16.0. The Bertz CT molecular complexity index is 684. The van der Waals surface area contributed by atoms with E-state index in [0.717, 1.165) is 30.3 Å². The number of hydrogen-bond donors (Lipinski definition) is 0. The Morgan fingerprint density at radius 2 is 1.28 bits per heavy atom. The van der Waals surface area contributed by atoms with Crippen LogP contribution in [0.3, 0.4) is 0 Å². The molecule has 0 unspecified atom stereocenters. The Morgan fingerprint density at radius 3 is 1.83 bits per heavy atom. The van der Waals surface area contributed by atoms with E-state index in [1.165, 1.54) is 0 Å². The fraction of sp³-hybridized carbons (Fsp3) is 0. The quantitative estimate of drug-likeness (QED) is 0.438. The predicted octanol–water partition coefficient (Wildman–Crippen LogP) is 5.05. The number of Topliss-reactive ketones (excluding diaryl/α,β-unsaturated/α-hetero) is 1. The van der Waals surface area contributed by atoms with Crippen molar-refractivity contribution in [1.82, 2.24) is 0 Å². The van der Waals surface area contributed by atoms with Gasteiger partial charge in [-0.3, -0.25) is 4.79 Å². The Morgan fingerprint density at radius 1 is 0.833 bits per heavy atom. The van der Waals surface area contributed by atoms with Crippen LogP contribution in [0.4, 0.5) is 0 Å². The molecule has 0 aliphatic heterocycles. The van der Waals surface area contributed by atoms with Crippen LogP contribution in [-0.2, 0) is 0 Å². The number of rotatable bonds is 0. The zero-order valence-corrected chi connectivity index (χ0v) is 13.0. The van der Waals surface area contributed by atoms with Crippen LogP contribution in [0.2, 0.25) is 0 Å². The lowest BCUT2D eigenvalue weighted by Crippen LogP contribution is -2.11. The molecule has 0 fully saturated rings. The van der Waals surface area contributed by atoms with E-state index in [0.29, 0.717) is 0 Å². The molecule has 0 heterocycles. The molecule has 0 aromatic heterocycles. The van der Waals surface area contributed by atoms with Crippen LogP contribution in [0.5, 0.6) is 0 Å². The molecule has 0 N–H and O–H groups in total. The van der Waals surface area contributed by atoms with Crippen LogP contribution in [-0.4, -0.2) is 5.78 Å². The molecule has 3 heteroatoms. The highest BCUT2D eigenvalue weighted by Gasteiger charge is 2.27. The molecule has 1 aliphatic rings. The lowest BCUT2D eigenvalue weighted by molar-refractivity contribution is 0.105. The Labute approximate surface area is 127 Å². The number of hydrogen-bond acceptors (Lipinski definition) is 1. The lowest BCUT2D eigenvalue weighted by Gasteiger charge is -2.21. The van der Waals surface area contributed by atoms with Gasteiger partial charge in [0.2, 0.25) is 0 Å². The van der Waals surface area contributed by atoms with Gasteiger partial charge < -0.3 is 0 Å². The van der Waals surface area contributed by atoms with Crippen molar-refractivity contribution >= 4 is 49.9 Å². The third-order valence-corrected chi connectivity index (χ3v) is 4.01. The molecule has 2 aromatic rings. The first-order chi connectivity index (χ1) is 8.70. The van der Waals surface area contributed by atoms with Crippen LogP contribution in [0.25, 0.3) is 16.7 Å². The number of carbonyl (C=O) groups excluding carboxylic acids is 1. The standard InChI is InChI=1S/C15H8BrIO/c16-15(17)13-11-7-3-1-5-9(11)10-6-2-4-8-12(10)14(13)18/h1-8H/b15-13+. The van der Waals surface area contributed by atoms with Gasteiger partial charge in [-0.2, -0.15) is 0 Å². The summed E-state index contributed by atoms with van der Waals surface area (Å²) in [6, 6.07) is 15.8. The summed E-state index contributed by atoms with van der Waals surface area (Å²) in [6.07, 6.45) is 0. The lowest BCUT2D eigenvalue weighted by atomic mass is 9.82. The van der Waals surface area contributed by atoms with Gasteiger partial charge in [0, 0.05) is 5.56 Å². The summed E-state index contributed by atoms with van der Waals surface area (Å²) in [4.78, 5) is 12.5. The molecular weight excluding hydrogens is 403 g/mol. The van der Waals surface area contributed by atoms with E-state index in [1.54, 1.807) is 0 Å². The van der Waals surface area contributed by atoms with E-state index in [9.17, 15) is 4.79 Å². The zero-order chi connectivity index (χ0) is 12.7. The molecule has 3 rings (SSSR count). The van der Waals surface area contributed by atoms with Crippen LogP contribution in [0.15, 0.2) is 51.0 Å². The molecule has 18 heavy (non-hydrogen) atoms. The van der Waals surface area contributed by atoms with Crippen molar-refractivity contribution in [2.75, 3.05) is 0 Å². The van der Waals surface area contributed by atoms with Crippen molar-refractivity contribution in [2.24, 2.45) is 0 Å².